The van der Waals surface area contributed by atoms with Gasteiger partial charge in [0.1, 0.15) is 0 Å². The van der Waals surface area contributed by atoms with E-state index in [-0.39, 0.29) is 5.91 Å². The van der Waals surface area contributed by atoms with Gasteiger partial charge in [-0.1, -0.05) is 25.3 Å². The van der Waals surface area contributed by atoms with Crippen LogP contribution in [-0.4, -0.2) is 55.5 Å². The molecule has 2 fully saturated rings. The molecule has 7 heteroatoms. The third kappa shape index (κ3) is 7.30. The molecule has 1 unspecified atom stereocenters. The number of amides is 1. The monoisotopic (exact) mass is 419 g/mol. The second-order valence-electron chi connectivity index (χ2n) is 8.07. The van der Waals surface area contributed by atoms with Crippen LogP contribution in [-0.2, 0) is 4.79 Å². The van der Waals surface area contributed by atoms with Crippen LogP contribution in [0.5, 0.6) is 0 Å². The van der Waals surface area contributed by atoms with Crippen LogP contribution in [0.25, 0.3) is 0 Å². The summed E-state index contributed by atoms with van der Waals surface area (Å²) in [6.07, 6.45) is 9.08. The molecule has 1 aliphatic carbocycles. The van der Waals surface area contributed by atoms with E-state index in [1.165, 1.54) is 37.0 Å². The lowest BCUT2D eigenvalue weighted by Gasteiger charge is -2.25. The molecule has 1 aliphatic heterocycles. The van der Waals surface area contributed by atoms with Crippen LogP contribution in [0.15, 0.2) is 22.5 Å². The minimum Gasteiger partial charge on any atom is -0.357 e. The molecule has 3 N–H and O–H groups in total. The SMILES string of the molecule is CCNC(=NCC(c1cccs1)N1CCCC1)NCCC(=O)NC1CCCCC1. The van der Waals surface area contributed by atoms with Crippen LogP contribution < -0.4 is 16.0 Å². The number of likely N-dealkylation sites (tertiary alicyclic amines) is 1. The van der Waals surface area contributed by atoms with E-state index >= 15 is 0 Å². The molecule has 0 bridgehead atoms. The van der Waals surface area contributed by atoms with Gasteiger partial charge < -0.3 is 16.0 Å². The van der Waals surface area contributed by atoms with Crippen LogP contribution in [0.1, 0.15) is 69.2 Å². The number of carbonyl (C=O) groups excluding carboxylic acids is 1. The van der Waals surface area contributed by atoms with Crippen LogP contribution in [0.2, 0.25) is 0 Å². The number of hydrogen-bond acceptors (Lipinski definition) is 4. The van der Waals surface area contributed by atoms with Crippen molar-refractivity contribution in [2.45, 2.75) is 70.4 Å². The smallest absolute Gasteiger partial charge is 0.221 e. The van der Waals surface area contributed by atoms with Crippen molar-refractivity contribution < 1.29 is 4.79 Å². The lowest BCUT2D eigenvalue weighted by molar-refractivity contribution is -0.121. The quantitative estimate of drug-likeness (QED) is 0.424. The Bertz CT molecular complexity index is 621. The van der Waals surface area contributed by atoms with Crippen molar-refractivity contribution in [3.63, 3.8) is 0 Å². The van der Waals surface area contributed by atoms with E-state index in [1.807, 2.05) is 11.3 Å². The summed E-state index contributed by atoms with van der Waals surface area (Å²) in [6, 6.07) is 5.08. The highest BCUT2D eigenvalue weighted by molar-refractivity contribution is 7.10. The van der Waals surface area contributed by atoms with Crippen LogP contribution in [0, 0.1) is 0 Å². The van der Waals surface area contributed by atoms with Crippen LogP contribution in [0.3, 0.4) is 0 Å². The molecule has 1 atom stereocenters. The normalized spacial score (nSPS) is 19.8. The van der Waals surface area contributed by atoms with Gasteiger partial charge in [0, 0.05) is 30.4 Å². The number of aliphatic imine (C=N–C) groups is 1. The standard InChI is InChI=1S/C22H37N5OS/c1-2-23-22(24-13-12-21(28)26-18-9-4-3-5-10-18)25-17-19(20-11-8-16-29-20)27-14-6-7-15-27/h8,11,16,18-19H,2-7,9-10,12-15,17H2,1H3,(H,26,28)(H2,23,24,25). The topological polar surface area (TPSA) is 68.8 Å². The van der Waals surface area contributed by atoms with Crippen LogP contribution >= 0.6 is 11.3 Å². The Labute approximate surface area is 179 Å². The van der Waals surface area contributed by atoms with E-state index in [2.05, 4.69) is 45.3 Å². The Morgan fingerprint density at radius 2 is 2.00 bits per heavy atom. The fraction of sp³-hybridized carbons (Fsp3) is 0.727. The van der Waals surface area contributed by atoms with Gasteiger partial charge in [0.2, 0.25) is 5.91 Å². The first kappa shape index (κ1) is 22.1. The molecule has 162 valence electrons. The molecule has 6 nitrogen and oxygen atoms in total. The van der Waals surface area contributed by atoms with Gasteiger partial charge in [0.05, 0.1) is 12.6 Å². The van der Waals surface area contributed by atoms with Crippen molar-refractivity contribution in [1.82, 2.24) is 20.9 Å². The van der Waals surface area contributed by atoms with Gasteiger partial charge in [0.25, 0.3) is 0 Å². The summed E-state index contributed by atoms with van der Waals surface area (Å²) in [5, 5.41) is 12.0. The van der Waals surface area contributed by atoms with Crippen molar-refractivity contribution in [3.05, 3.63) is 22.4 Å². The van der Waals surface area contributed by atoms with E-state index in [0.717, 1.165) is 45.0 Å². The van der Waals surface area contributed by atoms with Crippen molar-refractivity contribution in [2.75, 3.05) is 32.7 Å². The van der Waals surface area contributed by atoms with E-state index in [1.54, 1.807) is 0 Å². The fourth-order valence-electron chi connectivity index (χ4n) is 4.28. The molecule has 0 spiro atoms. The number of carbonyl (C=O) groups is 1. The number of rotatable bonds is 9. The lowest BCUT2D eigenvalue weighted by Crippen LogP contribution is -2.41. The van der Waals surface area contributed by atoms with Crippen LogP contribution in [0.4, 0.5) is 0 Å². The highest BCUT2D eigenvalue weighted by Gasteiger charge is 2.24. The van der Waals surface area contributed by atoms with Gasteiger partial charge in [-0.15, -0.1) is 11.3 Å². The third-order valence-electron chi connectivity index (χ3n) is 5.83. The summed E-state index contributed by atoms with van der Waals surface area (Å²) in [4.78, 5) is 21.0. The Morgan fingerprint density at radius 1 is 1.21 bits per heavy atom. The highest BCUT2D eigenvalue weighted by atomic mass is 32.1. The number of nitrogens with zero attached hydrogens (tertiary/aromatic N) is 2. The summed E-state index contributed by atoms with van der Waals surface area (Å²) in [6.45, 7) is 6.55. The number of guanidine groups is 1. The molecular formula is C22H37N5OS. The molecule has 2 heterocycles. The zero-order valence-electron chi connectivity index (χ0n) is 17.8. The lowest BCUT2D eigenvalue weighted by atomic mass is 9.95. The summed E-state index contributed by atoms with van der Waals surface area (Å²) in [7, 11) is 0. The van der Waals surface area contributed by atoms with Crippen molar-refractivity contribution in [1.29, 1.82) is 0 Å². The Morgan fingerprint density at radius 3 is 2.69 bits per heavy atom. The molecule has 29 heavy (non-hydrogen) atoms. The first-order valence-electron chi connectivity index (χ1n) is 11.3. The Kier molecular flexibility index (Phi) is 9.28. The minimum absolute atomic E-state index is 0.147. The second kappa shape index (κ2) is 12.2. The largest absolute Gasteiger partial charge is 0.357 e. The molecule has 2 aliphatic rings. The maximum absolute atomic E-state index is 12.2. The summed E-state index contributed by atoms with van der Waals surface area (Å²) in [5.74, 6) is 0.951. The Balaban J connectivity index is 1.48. The molecule has 1 aromatic heterocycles. The van der Waals surface area contributed by atoms with E-state index < -0.39 is 0 Å². The Hall–Kier alpha value is -1.60. The molecule has 0 radical (unpaired) electrons. The predicted molar refractivity (Wildman–Crippen MR) is 121 cm³/mol. The van der Waals surface area contributed by atoms with Gasteiger partial charge >= 0.3 is 0 Å². The van der Waals surface area contributed by atoms with Gasteiger partial charge in [-0.2, -0.15) is 0 Å². The maximum atomic E-state index is 12.2. The minimum atomic E-state index is 0.147. The first-order valence-corrected chi connectivity index (χ1v) is 12.2. The molecule has 1 aromatic rings. The highest BCUT2D eigenvalue weighted by Crippen LogP contribution is 2.28. The van der Waals surface area contributed by atoms with Gasteiger partial charge in [-0.25, -0.2) is 0 Å². The van der Waals surface area contributed by atoms with Crippen molar-refractivity contribution in [2.24, 2.45) is 4.99 Å². The van der Waals surface area contributed by atoms with Crippen molar-refractivity contribution in [3.8, 4) is 0 Å². The first-order chi connectivity index (χ1) is 14.3. The predicted octanol–water partition coefficient (Wildman–Crippen LogP) is 3.28. The average molecular weight is 420 g/mol. The molecule has 1 saturated carbocycles. The molecule has 1 saturated heterocycles. The second-order valence-corrected chi connectivity index (χ2v) is 9.05. The fourth-order valence-corrected chi connectivity index (χ4v) is 5.13. The van der Waals surface area contributed by atoms with Gasteiger partial charge in [-0.05, 0) is 57.1 Å². The van der Waals surface area contributed by atoms with Crippen molar-refractivity contribution >= 4 is 23.2 Å². The van der Waals surface area contributed by atoms with Gasteiger partial charge in [-0.3, -0.25) is 14.7 Å². The van der Waals surface area contributed by atoms with E-state index in [4.69, 9.17) is 4.99 Å². The average Bonchev–Trinajstić information content (AvgIpc) is 3.44. The zero-order valence-corrected chi connectivity index (χ0v) is 18.6. The summed E-state index contributed by atoms with van der Waals surface area (Å²) in [5.41, 5.74) is 0. The molecule has 0 aromatic carbocycles. The molecule has 1 amide bonds. The maximum Gasteiger partial charge on any atom is 0.221 e. The number of thiophene rings is 1. The molecule has 3 rings (SSSR count). The summed E-state index contributed by atoms with van der Waals surface area (Å²) < 4.78 is 0. The van der Waals surface area contributed by atoms with E-state index in [0.29, 0.717) is 25.0 Å². The summed E-state index contributed by atoms with van der Waals surface area (Å²) >= 11 is 1.82. The zero-order chi connectivity index (χ0) is 20.3. The third-order valence-corrected chi connectivity index (χ3v) is 6.81. The van der Waals surface area contributed by atoms with E-state index in [9.17, 15) is 4.79 Å². The van der Waals surface area contributed by atoms with Gasteiger partial charge in [0.15, 0.2) is 5.96 Å². The number of nitrogens with one attached hydrogen (secondary N) is 3. The molecular weight excluding hydrogens is 382 g/mol. The number of hydrogen-bond donors (Lipinski definition) is 3.